The van der Waals surface area contributed by atoms with E-state index in [1.54, 1.807) is 6.08 Å². The summed E-state index contributed by atoms with van der Waals surface area (Å²) in [5.74, 6) is -0.169. The number of carbonyl (C=O) groups excluding carboxylic acids is 1. The van der Waals surface area contributed by atoms with Crippen LogP contribution >= 0.6 is 0 Å². The highest BCUT2D eigenvalue weighted by Crippen LogP contribution is 2.15. The van der Waals surface area contributed by atoms with Crippen LogP contribution in [0.1, 0.15) is 32.6 Å². The molecule has 5 heteroatoms. The van der Waals surface area contributed by atoms with Crippen molar-refractivity contribution in [2.45, 2.75) is 44.8 Å². The molecule has 2 N–H and O–H groups in total. The lowest BCUT2D eigenvalue weighted by molar-refractivity contribution is -0.120. The van der Waals surface area contributed by atoms with E-state index in [2.05, 4.69) is 5.32 Å². The lowest BCUT2D eigenvalue weighted by Gasteiger charge is -2.25. The minimum absolute atomic E-state index is 0.169. The molecule has 0 aromatic rings. The molecule has 0 aliphatic heterocycles. The molecule has 1 aliphatic rings. The maximum absolute atomic E-state index is 11.0. The van der Waals surface area contributed by atoms with Crippen LogP contribution in [-0.2, 0) is 9.53 Å². The zero-order valence-corrected chi connectivity index (χ0v) is 9.31. The van der Waals surface area contributed by atoms with Crippen LogP contribution < -0.4 is 5.32 Å². The SMILES string of the molecule is CC(=O)NC1CCCC/C=C/C1OC(=O)O. The molecule has 0 bridgehead atoms. The zero-order valence-electron chi connectivity index (χ0n) is 9.31. The van der Waals surface area contributed by atoms with E-state index in [9.17, 15) is 9.59 Å². The van der Waals surface area contributed by atoms with E-state index >= 15 is 0 Å². The van der Waals surface area contributed by atoms with Crippen LogP contribution in [0, 0.1) is 0 Å². The van der Waals surface area contributed by atoms with Gasteiger partial charge in [0.25, 0.3) is 0 Å². The summed E-state index contributed by atoms with van der Waals surface area (Å²) in [5.41, 5.74) is 0. The van der Waals surface area contributed by atoms with Gasteiger partial charge in [0, 0.05) is 6.92 Å². The molecule has 16 heavy (non-hydrogen) atoms. The smallest absolute Gasteiger partial charge is 0.450 e. The quantitative estimate of drug-likeness (QED) is 0.556. The van der Waals surface area contributed by atoms with Gasteiger partial charge in [0.2, 0.25) is 5.91 Å². The molecule has 1 aliphatic carbocycles. The van der Waals surface area contributed by atoms with E-state index in [0.717, 1.165) is 25.7 Å². The highest BCUT2D eigenvalue weighted by Gasteiger charge is 2.24. The van der Waals surface area contributed by atoms with Crippen molar-refractivity contribution in [2.24, 2.45) is 0 Å². The normalized spacial score (nSPS) is 27.3. The van der Waals surface area contributed by atoms with Crippen LogP contribution in [0.4, 0.5) is 4.79 Å². The largest absolute Gasteiger partial charge is 0.506 e. The summed E-state index contributed by atoms with van der Waals surface area (Å²) in [7, 11) is 0. The maximum Gasteiger partial charge on any atom is 0.506 e. The van der Waals surface area contributed by atoms with Crippen molar-refractivity contribution in [3.63, 3.8) is 0 Å². The Morgan fingerprint density at radius 2 is 2.19 bits per heavy atom. The Bertz CT molecular complexity index is 288. The van der Waals surface area contributed by atoms with Gasteiger partial charge in [-0.25, -0.2) is 4.79 Å². The van der Waals surface area contributed by atoms with Crippen LogP contribution in [0.25, 0.3) is 0 Å². The summed E-state index contributed by atoms with van der Waals surface area (Å²) >= 11 is 0. The summed E-state index contributed by atoms with van der Waals surface area (Å²) < 4.78 is 4.76. The number of carbonyl (C=O) groups is 2. The van der Waals surface area contributed by atoms with Gasteiger partial charge in [-0.15, -0.1) is 0 Å². The Kier molecular flexibility index (Phi) is 4.82. The van der Waals surface area contributed by atoms with Gasteiger partial charge >= 0.3 is 6.16 Å². The van der Waals surface area contributed by atoms with E-state index < -0.39 is 12.3 Å². The third kappa shape index (κ3) is 4.33. The van der Waals surface area contributed by atoms with Crippen molar-refractivity contribution in [1.29, 1.82) is 0 Å². The van der Waals surface area contributed by atoms with Gasteiger partial charge in [-0.05, 0) is 25.3 Å². The third-order valence-electron chi connectivity index (χ3n) is 2.48. The van der Waals surface area contributed by atoms with Crippen LogP contribution in [0.3, 0.4) is 0 Å². The van der Waals surface area contributed by atoms with Crippen LogP contribution in [-0.4, -0.2) is 29.3 Å². The van der Waals surface area contributed by atoms with Crippen molar-refractivity contribution in [3.05, 3.63) is 12.2 Å². The van der Waals surface area contributed by atoms with Gasteiger partial charge in [0.1, 0.15) is 6.10 Å². The first-order valence-electron chi connectivity index (χ1n) is 5.43. The Morgan fingerprint density at radius 1 is 1.44 bits per heavy atom. The van der Waals surface area contributed by atoms with E-state index in [1.807, 2.05) is 6.08 Å². The Labute approximate surface area is 94.5 Å². The monoisotopic (exact) mass is 227 g/mol. The second kappa shape index (κ2) is 6.15. The third-order valence-corrected chi connectivity index (χ3v) is 2.48. The minimum Gasteiger partial charge on any atom is -0.450 e. The molecule has 0 saturated heterocycles. The Hall–Kier alpha value is -1.52. The van der Waals surface area contributed by atoms with E-state index in [-0.39, 0.29) is 11.9 Å². The van der Waals surface area contributed by atoms with Gasteiger partial charge in [0.15, 0.2) is 0 Å². The molecule has 90 valence electrons. The van der Waals surface area contributed by atoms with Crippen molar-refractivity contribution in [1.82, 2.24) is 5.32 Å². The summed E-state index contributed by atoms with van der Waals surface area (Å²) in [6.45, 7) is 1.42. The van der Waals surface area contributed by atoms with Crippen molar-refractivity contribution >= 4 is 12.1 Å². The topological polar surface area (TPSA) is 75.6 Å². The highest BCUT2D eigenvalue weighted by molar-refractivity contribution is 5.73. The minimum atomic E-state index is -1.31. The summed E-state index contributed by atoms with van der Waals surface area (Å²) in [4.78, 5) is 21.5. The molecule has 1 amide bonds. The maximum atomic E-state index is 11.0. The molecule has 0 fully saturated rings. The molecule has 0 spiro atoms. The van der Waals surface area contributed by atoms with E-state index in [0.29, 0.717) is 0 Å². The van der Waals surface area contributed by atoms with Gasteiger partial charge in [-0.2, -0.15) is 0 Å². The number of rotatable bonds is 2. The lowest BCUT2D eigenvalue weighted by Crippen LogP contribution is -2.43. The van der Waals surface area contributed by atoms with Gasteiger partial charge in [-0.3, -0.25) is 4.79 Å². The number of hydrogen-bond donors (Lipinski definition) is 2. The molecule has 0 aromatic heterocycles. The number of ether oxygens (including phenoxy) is 1. The fraction of sp³-hybridized carbons (Fsp3) is 0.636. The Morgan fingerprint density at radius 3 is 2.81 bits per heavy atom. The van der Waals surface area contributed by atoms with Crippen molar-refractivity contribution in [2.75, 3.05) is 0 Å². The molecular weight excluding hydrogens is 210 g/mol. The molecule has 0 aromatic carbocycles. The zero-order chi connectivity index (χ0) is 12.0. The summed E-state index contributed by atoms with van der Waals surface area (Å²) in [6.07, 6.45) is 5.39. The van der Waals surface area contributed by atoms with Crippen molar-refractivity contribution < 1.29 is 19.4 Å². The first-order valence-corrected chi connectivity index (χ1v) is 5.43. The first kappa shape index (κ1) is 12.5. The molecule has 5 nitrogen and oxygen atoms in total. The number of hydrogen-bond acceptors (Lipinski definition) is 3. The van der Waals surface area contributed by atoms with Crippen LogP contribution in [0.5, 0.6) is 0 Å². The number of nitrogens with one attached hydrogen (secondary N) is 1. The standard InChI is InChI=1S/C11H17NO4/c1-8(13)12-9-6-4-2-3-5-7-10(9)16-11(14)15/h5,7,9-10H,2-4,6H2,1H3,(H,12,13)(H,14,15)/b7-5+. The molecular formula is C11H17NO4. The lowest BCUT2D eigenvalue weighted by atomic mass is 9.99. The van der Waals surface area contributed by atoms with Crippen LogP contribution in [0.15, 0.2) is 12.2 Å². The van der Waals surface area contributed by atoms with Gasteiger partial charge in [-0.1, -0.05) is 12.5 Å². The predicted octanol–water partition coefficient (Wildman–Crippen LogP) is 1.68. The van der Waals surface area contributed by atoms with E-state index in [1.165, 1.54) is 6.92 Å². The summed E-state index contributed by atoms with van der Waals surface area (Å²) in [5, 5.41) is 11.3. The number of allylic oxidation sites excluding steroid dienone is 1. The molecule has 0 saturated carbocycles. The van der Waals surface area contributed by atoms with E-state index in [4.69, 9.17) is 9.84 Å². The molecule has 2 atom stereocenters. The highest BCUT2D eigenvalue weighted by atomic mass is 16.7. The van der Waals surface area contributed by atoms with Gasteiger partial charge in [0.05, 0.1) is 6.04 Å². The molecule has 0 radical (unpaired) electrons. The fourth-order valence-corrected chi connectivity index (χ4v) is 1.81. The number of amides is 1. The Balaban J connectivity index is 2.69. The average molecular weight is 227 g/mol. The predicted molar refractivity (Wildman–Crippen MR) is 58.1 cm³/mol. The second-order valence-corrected chi connectivity index (χ2v) is 3.87. The summed E-state index contributed by atoms with van der Waals surface area (Å²) in [6, 6.07) is -0.259. The molecule has 0 heterocycles. The van der Waals surface area contributed by atoms with Crippen molar-refractivity contribution in [3.8, 4) is 0 Å². The average Bonchev–Trinajstić information content (AvgIpc) is 2.15. The first-order chi connectivity index (χ1) is 7.59. The van der Waals surface area contributed by atoms with Crippen LogP contribution in [0.2, 0.25) is 0 Å². The second-order valence-electron chi connectivity index (χ2n) is 3.87. The molecule has 2 unspecified atom stereocenters. The fourth-order valence-electron chi connectivity index (χ4n) is 1.81. The molecule has 1 rings (SSSR count). The van der Waals surface area contributed by atoms with Gasteiger partial charge < -0.3 is 15.2 Å². The number of carboxylic acid groups (broad SMARTS) is 1.